The normalized spacial score (nSPS) is 17.1. The number of nitrogen functional groups attached to an aromatic ring is 1. The van der Waals surface area contributed by atoms with Gasteiger partial charge in [0.05, 0.1) is 0 Å². The highest BCUT2D eigenvalue weighted by Gasteiger charge is 2.39. The van der Waals surface area contributed by atoms with Gasteiger partial charge in [0.25, 0.3) is 5.91 Å². The van der Waals surface area contributed by atoms with Crippen LogP contribution in [-0.4, -0.2) is 37.0 Å². The summed E-state index contributed by atoms with van der Waals surface area (Å²) in [5.74, 6) is -0.0418. The van der Waals surface area contributed by atoms with Crippen LogP contribution in [0.4, 0.5) is 5.69 Å². The number of hydrogen-bond donors (Lipinski definition) is 2. The Hall–Kier alpha value is -1.55. The number of amides is 1. The molecule has 0 radical (unpaired) electrons. The van der Waals surface area contributed by atoms with Gasteiger partial charge in [0.1, 0.15) is 0 Å². The van der Waals surface area contributed by atoms with Gasteiger partial charge >= 0.3 is 0 Å². The third-order valence-electron chi connectivity index (χ3n) is 4.35. The molecule has 1 aliphatic carbocycles. The molecule has 0 spiro atoms. The van der Waals surface area contributed by atoms with Crippen LogP contribution in [0.15, 0.2) is 18.2 Å². The standard InChI is InChI=1S/C15H23N3O/c1-11-5-6-12(9-13(11)16)14(19)17-10-15(18(2)3)7-4-8-15/h5-6,9H,4,7-8,10,16H2,1-3H3,(H,17,19). The molecule has 0 atom stereocenters. The summed E-state index contributed by atoms with van der Waals surface area (Å²) in [4.78, 5) is 14.4. The molecule has 1 aliphatic rings. The minimum Gasteiger partial charge on any atom is -0.398 e. The highest BCUT2D eigenvalue weighted by molar-refractivity contribution is 5.95. The van der Waals surface area contributed by atoms with Crippen molar-refractivity contribution in [3.05, 3.63) is 29.3 Å². The summed E-state index contributed by atoms with van der Waals surface area (Å²) in [5, 5.41) is 3.03. The smallest absolute Gasteiger partial charge is 0.251 e. The largest absolute Gasteiger partial charge is 0.398 e. The number of anilines is 1. The van der Waals surface area contributed by atoms with E-state index in [1.54, 1.807) is 6.07 Å². The molecule has 1 aromatic rings. The maximum Gasteiger partial charge on any atom is 0.251 e. The number of nitrogens with two attached hydrogens (primary N) is 1. The zero-order valence-corrected chi connectivity index (χ0v) is 12.0. The highest BCUT2D eigenvalue weighted by Crippen LogP contribution is 2.35. The number of likely N-dealkylation sites (N-methyl/N-ethyl adjacent to an activating group) is 1. The van der Waals surface area contributed by atoms with Gasteiger partial charge in [-0.2, -0.15) is 0 Å². The maximum atomic E-state index is 12.1. The van der Waals surface area contributed by atoms with Gasteiger partial charge in [-0.3, -0.25) is 4.79 Å². The molecule has 0 bridgehead atoms. The molecular formula is C15H23N3O. The second kappa shape index (κ2) is 5.21. The van der Waals surface area contributed by atoms with Crippen molar-refractivity contribution >= 4 is 11.6 Å². The topological polar surface area (TPSA) is 58.4 Å². The van der Waals surface area contributed by atoms with Crippen molar-refractivity contribution in [3.63, 3.8) is 0 Å². The lowest BCUT2D eigenvalue weighted by Gasteiger charge is -2.47. The predicted octanol–water partition coefficient (Wildman–Crippen LogP) is 1.79. The van der Waals surface area contributed by atoms with Gasteiger partial charge in [-0.15, -0.1) is 0 Å². The van der Waals surface area contributed by atoms with Gasteiger partial charge in [0, 0.05) is 23.3 Å². The molecule has 19 heavy (non-hydrogen) atoms. The van der Waals surface area contributed by atoms with Gasteiger partial charge in [-0.25, -0.2) is 0 Å². The lowest BCUT2D eigenvalue weighted by molar-refractivity contribution is 0.0557. The minimum absolute atomic E-state index is 0.0418. The molecular weight excluding hydrogens is 238 g/mol. The van der Waals surface area contributed by atoms with Crippen LogP contribution >= 0.6 is 0 Å². The molecule has 4 nitrogen and oxygen atoms in total. The van der Waals surface area contributed by atoms with E-state index in [0.717, 1.165) is 18.4 Å². The van der Waals surface area contributed by atoms with E-state index in [1.165, 1.54) is 6.42 Å². The fourth-order valence-electron chi connectivity index (χ4n) is 2.50. The molecule has 1 saturated carbocycles. The average Bonchev–Trinajstić information content (AvgIpc) is 2.30. The van der Waals surface area contributed by atoms with Gasteiger partial charge in [-0.1, -0.05) is 6.07 Å². The third-order valence-corrected chi connectivity index (χ3v) is 4.35. The summed E-state index contributed by atoms with van der Waals surface area (Å²) in [5.41, 5.74) is 8.28. The van der Waals surface area contributed by atoms with E-state index < -0.39 is 0 Å². The molecule has 1 fully saturated rings. The van der Waals surface area contributed by atoms with Crippen LogP contribution in [-0.2, 0) is 0 Å². The second-order valence-corrected chi connectivity index (χ2v) is 5.73. The first-order chi connectivity index (χ1) is 8.94. The molecule has 4 heteroatoms. The van der Waals surface area contributed by atoms with E-state index in [-0.39, 0.29) is 11.4 Å². The van der Waals surface area contributed by atoms with Gasteiger partial charge < -0.3 is 16.0 Å². The molecule has 0 unspecified atom stereocenters. The number of hydrogen-bond acceptors (Lipinski definition) is 3. The van der Waals surface area contributed by atoms with Crippen molar-refractivity contribution in [3.8, 4) is 0 Å². The van der Waals surface area contributed by atoms with Crippen LogP contribution in [0.1, 0.15) is 35.2 Å². The van der Waals surface area contributed by atoms with Crippen molar-refractivity contribution in [1.29, 1.82) is 0 Å². The van der Waals surface area contributed by atoms with Gasteiger partial charge in [-0.05, 0) is 58.0 Å². The summed E-state index contributed by atoms with van der Waals surface area (Å²) in [6, 6.07) is 5.45. The molecule has 2 rings (SSSR count). The lowest BCUT2D eigenvalue weighted by atomic mass is 9.75. The molecule has 0 heterocycles. The van der Waals surface area contributed by atoms with Crippen molar-refractivity contribution in [2.75, 3.05) is 26.4 Å². The quantitative estimate of drug-likeness (QED) is 0.812. The zero-order chi connectivity index (χ0) is 14.0. The molecule has 0 saturated heterocycles. The summed E-state index contributed by atoms with van der Waals surface area (Å²) >= 11 is 0. The first kappa shape index (κ1) is 13.9. The van der Waals surface area contributed by atoms with Crippen molar-refractivity contribution in [2.45, 2.75) is 31.7 Å². The first-order valence-corrected chi connectivity index (χ1v) is 6.76. The third kappa shape index (κ3) is 2.73. The van der Waals surface area contributed by atoms with Crippen LogP contribution in [0.5, 0.6) is 0 Å². The van der Waals surface area contributed by atoms with Crippen LogP contribution in [0, 0.1) is 6.92 Å². The molecule has 1 aromatic carbocycles. The number of nitrogens with zero attached hydrogens (tertiary/aromatic N) is 1. The maximum absolute atomic E-state index is 12.1. The van der Waals surface area contributed by atoms with Crippen LogP contribution in [0.25, 0.3) is 0 Å². The van der Waals surface area contributed by atoms with Gasteiger partial charge in [0.2, 0.25) is 0 Å². The zero-order valence-electron chi connectivity index (χ0n) is 12.0. The van der Waals surface area contributed by atoms with E-state index in [0.29, 0.717) is 17.8 Å². The second-order valence-electron chi connectivity index (χ2n) is 5.73. The lowest BCUT2D eigenvalue weighted by Crippen LogP contribution is -2.57. The Morgan fingerprint density at radius 1 is 1.42 bits per heavy atom. The predicted molar refractivity (Wildman–Crippen MR) is 78.2 cm³/mol. The highest BCUT2D eigenvalue weighted by atomic mass is 16.1. The van der Waals surface area contributed by atoms with E-state index in [2.05, 4.69) is 24.3 Å². The summed E-state index contributed by atoms with van der Waals surface area (Å²) < 4.78 is 0. The van der Waals surface area contributed by atoms with E-state index >= 15 is 0 Å². The Morgan fingerprint density at radius 2 is 2.11 bits per heavy atom. The molecule has 0 aliphatic heterocycles. The van der Waals surface area contributed by atoms with Crippen LogP contribution < -0.4 is 11.1 Å². The van der Waals surface area contributed by atoms with Gasteiger partial charge in [0.15, 0.2) is 0 Å². The van der Waals surface area contributed by atoms with Crippen LogP contribution in [0.3, 0.4) is 0 Å². The SMILES string of the molecule is Cc1ccc(C(=O)NCC2(N(C)C)CCC2)cc1N. The Bertz CT molecular complexity index is 478. The minimum atomic E-state index is -0.0418. The van der Waals surface area contributed by atoms with Crippen molar-refractivity contribution in [1.82, 2.24) is 10.2 Å². The van der Waals surface area contributed by atoms with Crippen LogP contribution in [0.2, 0.25) is 0 Å². The first-order valence-electron chi connectivity index (χ1n) is 6.76. The molecule has 0 aromatic heterocycles. The molecule has 104 valence electrons. The Morgan fingerprint density at radius 3 is 2.58 bits per heavy atom. The monoisotopic (exact) mass is 261 g/mol. The number of carbonyl (C=O) groups is 1. The fraction of sp³-hybridized carbons (Fsp3) is 0.533. The number of carbonyl (C=O) groups excluding carboxylic acids is 1. The Kier molecular flexibility index (Phi) is 3.80. The summed E-state index contributed by atoms with van der Waals surface area (Å²) in [6.07, 6.45) is 3.54. The van der Waals surface area contributed by atoms with E-state index in [1.807, 2.05) is 19.1 Å². The fourth-order valence-corrected chi connectivity index (χ4v) is 2.50. The number of benzene rings is 1. The molecule has 3 N–H and O–H groups in total. The van der Waals surface area contributed by atoms with Crippen molar-refractivity contribution in [2.24, 2.45) is 0 Å². The Labute approximate surface area is 115 Å². The number of aryl methyl sites for hydroxylation is 1. The average molecular weight is 261 g/mol. The van der Waals surface area contributed by atoms with E-state index in [4.69, 9.17) is 5.73 Å². The Balaban J connectivity index is 1.99. The number of nitrogens with one attached hydrogen (secondary N) is 1. The summed E-state index contributed by atoms with van der Waals surface area (Å²) in [7, 11) is 4.16. The van der Waals surface area contributed by atoms with Crippen molar-refractivity contribution < 1.29 is 4.79 Å². The van der Waals surface area contributed by atoms with E-state index in [9.17, 15) is 4.79 Å². The number of rotatable bonds is 4. The molecule has 1 amide bonds. The summed E-state index contributed by atoms with van der Waals surface area (Å²) in [6.45, 7) is 2.64.